The molecule has 1 N–H and O–H groups in total. The first kappa shape index (κ1) is 15.8. The lowest BCUT2D eigenvalue weighted by atomic mass is 9.73. The molecular formula is C20H20N2O3. The van der Waals surface area contributed by atoms with Crippen molar-refractivity contribution < 1.29 is 14.3 Å². The lowest BCUT2D eigenvalue weighted by molar-refractivity contribution is -0.148. The van der Waals surface area contributed by atoms with Crippen LogP contribution in [0, 0.1) is 5.92 Å². The quantitative estimate of drug-likeness (QED) is 0.873. The number of hydrogen-bond donors (Lipinski definition) is 1. The Morgan fingerprint density at radius 3 is 2.68 bits per heavy atom. The summed E-state index contributed by atoms with van der Waals surface area (Å²) in [6.45, 7) is 1.71. The van der Waals surface area contributed by atoms with E-state index in [1.54, 1.807) is 0 Å². The fourth-order valence-electron chi connectivity index (χ4n) is 4.16. The van der Waals surface area contributed by atoms with Gasteiger partial charge in [0, 0.05) is 25.3 Å². The average Bonchev–Trinajstić information content (AvgIpc) is 3.15. The van der Waals surface area contributed by atoms with Gasteiger partial charge in [-0.05, 0) is 17.2 Å². The zero-order valence-corrected chi connectivity index (χ0v) is 14.1. The van der Waals surface area contributed by atoms with E-state index < -0.39 is 11.3 Å². The minimum absolute atomic E-state index is 0.111. The van der Waals surface area contributed by atoms with Crippen molar-refractivity contribution in [2.45, 2.75) is 12.0 Å². The molecule has 2 aliphatic rings. The molecule has 5 heteroatoms. The van der Waals surface area contributed by atoms with Gasteiger partial charge in [0.05, 0.1) is 13.0 Å². The van der Waals surface area contributed by atoms with Crippen LogP contribution < -0.4 is 5.32 Å². The summed E-state index contributed by atoms with van der Waals surface area (Å²) in [5.74, 6) is -0.952. The van der Waals surface area contributed by atoms with Crippen LogP contribution in [0.1, 0.15) is 11.1 Å². The molecule has 1 amide bonds. The number of ether oxygens (including phenoxy) is 1. The van der Waals surface area contributed by atoms with Crippen LogP contribution in [0.2, 0.25) is 0 Å². The van der Waals surface area contributed by atoms with Crippen LogP contribution in [0.5, 0.6) is 0 Å². The normalized spacial score (nSPS) is 25.0. The SMILES string of the molecule is COC(=O)[C@@H]1CN(Cc2ccccc2)C[C@@]12C(=O)Nc1ccccc12. The first-order valence-electron chi connectivity index (χ1n) is 8.40. The average molecular weight is 336 g/mol. The number of methoxy groups -OCH3 is 1. The molecule has 2 atom stereocenters. The van der Waals surface area contributed by atoms with Crippen LogP contribution >= 0.6 is 0 Å². The Morgan fingerprint density at radius 1 is 1.20 bits per heavy atom. The van der Waals surface area contributed by atoms with Crippen molar-refractivity contribution in [1.29, 1.82) is 0 Å². The molecule has 2 aromatic rings. The molecule has 128 valence electrons. The first-order chi connectivity index (χ1) is 12.1. The lowest BCUT2D eigenvalue weighted by Crippen LogP contribution is -2.45. The predicted molar refractivity (Wildman–Crippen MR) is 94.0 cm³/mol. The minimum Gasteiger partial charge on any atom is -0.469 e. The summed E-state index contributed by atoms with van der Waals surface area (Å²) in [5.41, 5.74) is 1.97. The Kier molecular flexibility index (Phi) is 3.81. The van der Waals surface area contributed by atoms with Gasteiger partial charge in [-0.1, -0.05) is 48.5 Å². The number of rotatable bonds is 3. The van der Waals surface area contributed by atoms with E-state index in [0.717, 1.165) is 16.8 Å². The summed E-state index contributed by atoms with van der Waals surface area (Å²) in [6.07, 6.45) is 0. The maximum absolute atomic E-state index is 12.9. The van der Waals surface area contributed by atoms with Gasteiger partial charge in [-0.3, -0.25) is 14.5 Å². The highest BCUT2D eigenvalue weighted by atomic mass is 16.5. The van der Waals surface area contributed by atoms with Crippen molar-refractivity contribution in [2.75, 3.05) is 25.5 Å². The smallest absolute Gasteiger partial charge is 0.311 e. The Hall–Kier alpha value is -2.66. The highest BCUT2D eigenvalue weighted by Gasteiger charge is 2.60. The van der Waals surface area contributed by atoms with E-state index in [9.17, 15) is 9.59 Å². The van der Waals surface area contributed by atoms with E-state index in [1.165, 1.54) is 7.11 Å². The summed E-state index contributed by atoms with van der Waals surface area (Å²) in [6, 6.07) is 17.7. The molecule has 0 saturated carbocycles. The predicted octanol–water partition coefficient (Wildman–Crippen LogP) is 2.18. The summed E-state index contributed by atoms with van der Waals surface area (Å²) in [4.78, 5) is 27.6. The van der Waals surface area contributed by atoms with Gasteiger partial charge in [0.15, 0.2) is 0 Å². The number of esters is 1. The Bertz CT molecular complexity index is 821. The Labute approximate surface area is 146 Å². The number of nitrogens with one attached hydrogen (secondary N) is 1. The molecule has 0 unspecified atom stereocenters. The van der Waals surface area contributed by atoms with E-state index in [0.29, 0.717) is 19.6 Å². The number of nitrogens with zero attached hydrogens (tertiary/aromatic N) is 1. The van der Waals surface area contributed by atoms with E-state index >= 15 is 0 Å². The monoisotopic (exact) mass is 336 g/mol. The molecule has 1 saturated heterocycles. The second-order valence-corrected chi connectivity index (χ2v) is 6.70. The summed E-state index contributed by atoms with van der Waals surface area (Å²) < 4.78 is 5.04. The van der Waals surface area contributed by atoms with Gasteiger partial charge in [-0.2, -0.15) is 0 Å². The molecule has 1 spiro atoms. The molecule has 5 nitrogen and oxygen atoms in total. The van der Waals surface area contributed by atoms with Crippen molar-refractivity contribution in [2.24, 2.45) is 5.92 Å². The highest BCUT2D eigenvalue weighted by molar-refractivity contribution is 6.09. The Balaban J connectivity index is 1.72. The third-order valence-electron chi connectivity index (χ3n) is 5.30. The number of carbonyl (C=O) groups excluding carboxylic acids is 2. The van der Waals surface area contributed by atoms with E-state index in [4.69, 9.17) is 4.74 Å². The highest BCUT2D eigenvalue weighted by Crippen LogP contribution is 2.48. The molecule has 4 rings (SSSR count). The fourth-order valence-corrected chi connectivity index (χ4v) is 4.16. The van der Waals surface area contributed by atoms with Gasteiger partial charge in [0.1, 0.15) is 5.41 Å². The molecule has 0 radical (unpaired) electrons. The standard InChI is InChI=1S/C20H20N2O3/c1-25-18(23)16-12-22(11-14-7-3-2-4-8-14)13-20(16)15-9-5-6-10-17(15)21-19(20)24/h2-10,16H,11-13H2,1H3,(H,21,24)/t16-,20-/m0/s1. The van der Waals surface area contributed by atoms with Crippen LogP contribution in [0.25, 0.3) is 0 Å². The van der Waals surface area contributed by atoms with E-state index in [1.807, 2.05) is 42.5 Å². The van der Waals surface area contributed by atoms with Crippen LogP contribution in [0.3, 0.4) is 0 Å². The van der Waals surface area contributed by atoms with Crippen LogP contribution in [0.4, 0.5) is 5.69 Å². The zero-order chi connectivity index (χ0) is 17.4. The third kappa shape index (κ3) is 2.43. The maximum atomic E-state index is 12.9. The maximum Gasteiger partial charge on any atom is 0.311 e. The van der Waals surface area contributed by atoms with Gasteiger partial charge in [0.25, 0.3) is 0 Å². The van der Waals surface area contributed by atoms with E-state index in [2.05, 4.69) is 22.3 Å². The molecule has 0 aliphatic carbocycles. The number of hydrogen-bond acceptors (Lipinski definition) is 4. The van der Waals surface area contributed by atoms with Crippen molar-refractivity contribution in [3.05, 3.63) is 65.7 Å². The molecule has 2 aromatic carbocycles. The number of anilines is 1. The largest absolute Gasteiger partial charge is 0.469 e. The van der Waals surface area contributed by atoms with Crippen LogP contribution in [0.15, 0.2) is 54.6 Å². The summed E-state index contributed by atoms with van der Waals surface area (Å²) in [7, 11) is 1.38. The number of likely N-dealkylation sites (tertiary alicyclic amines) is 1. The first-order valence-corrected chi connectivity index (χ1v) is 8.40. The van der Waals surface area contributed by atoms with Crippen molar-refractivity contribution in [1.82, 2.24) is 4.90 Å². The molecule has 2 aliphatic heterocycles. The number of para-hydroxylation sites is 1. The Morgan fingerprint density at radius 2 is 1.92 bits per heavy atom. The van der Waals surface area contributed by atoms with Crippen molar-refractivity contribution in [3.8, 4) is 0 Å². The number of benzene rings is 2. The minimum atomic E-state index is -0.877. The number of amides is 1. The zero-order valence-electron chi connectivity index (χ0n) is 14.1. The molecule has 0 aromatic heterocycles. The second-order valence-electron chi connectivity index (χ2n) is 6.70. The summed E-state index contributed by atoms with van der Waals surface area (Å²) >= 11 is 0. The third-order valence-corrected chi connectivity index (χ3v) is 5.30. The topological polar surface area (TPSA) is 58.6 Å². The number of fused-ring (bicyclic) bond motifs is 2. The van der Waals surface area contributed by atoms with Gasteiger partial charge in [-0.15, -0.1) is 0 Å². The molecular weight excluding hydrogens is 316 g/mol. The summed E-state index contributed by atoms with van der Waals surface area (Å²) in [5, 5.41) is 2.95. The molecule has 2 heterocycles. The second kappa shape index (κ2) is 6.01. The van der Waals surface area contributed by atoms with Crippen molar-refractivity contribution >= 4 is 17.6 Å². The van der Waals surface area contributed by atoms with Crippen LogP contribution in [-0.4, -0.2) is 37.0 Å². The van der Waals surface area contributed by atoms with Gasteiger partial charge >= 0.3 is 5.97 Å². The number of carbonyl (C=O) groups is 2. The molecule has 25 heavy (non-hydrogen) atoms. The van der Waals surface area contributed by atoms with Crippen LogP contribution in [-0.2, 0) is 26.3 Å². The van der Waals surface area contributed by atoms with Gasteiger partial charge in [-0.25, -0.2) is 0 Å². The lowest BCUT2D eigenvalue weighted by Gasteiger charge is -2.26. The van der Waals surface area contributed by atoms with Gasteiger partial charge < -0.3 is 10.1 Å². The van der Waals surface area contributed by atoms with E-state index in [-0.39, 0.29) is 11.9 Å². The van der Waals surface area contributed by atoms with Crippen molar-refractivity contribution in [3.63, 3.8) is 0 Å². The molecule has 1 fully saturated rings. The fraction of sp³-hybridized carbons (Fsp3) is 0.300. The van der Waals surface area contributed by atoms with Gasteiger partial charge in [0.2, 0.25) is 5.91 Å². The molecule has 0 bridgehead atoms.